The number of piperazine rings is 1. The van der Waals surface area contributed by atoms with Crippen LogP contribution in [-0.4, -0.2) is 53.6 Å². The highest BCUT2D eigenvalue weighted by Crippen LogP contribution is 2.20. The molecule has 27 heavy (non-hydrogen) atoms. The second-order valence-corrected chi connectivity index (χ2v) is 7.06. The fourth-order valence-corrected chi connectivity index (χ4v) is 3.59. The molecule has 0 unspecified atom stereocenters. The lowest BCUT2D eigenvalue weighted by molar-refractivity contribution is -0.117. The van der Waals surface area contributed by atoms with Crippen molar-refractivity contribution in [1.82, 2.24) is 15.0 Å². The number of hydrogen-bond acceptors (Lipinski definition) is 5. The quantitative estimate of drug-likeness (QED) is 0.754. The van der Waals surface area contributed by atoms with Crippen LogP contribution in [0.5, 0.6) is 0 Å². The first kappa shape index (κ1) is 17.7. The lowest BCUT2D eigenvalue weighted by Crippen LogP contribution is -2.48. The molecule has 0 aliphatic carbocycles. The number of aromatic nitrogens is 1. The van der Waals surface area contributed by atoms with Gasteiger partial charge in [-0.15, -0.1) is 0 Å². The van der Waals surface area contributed by atoms with Crippen molar-refractivity contribution in [3.63, 3.8) is 0 Å². The maximum Gasteiger partial charge on any atom is 0.239 e. The van der Waals surface area contributed by atoms with Crippen LogP contribution in [-0.2, 0) is 11.3 Å². The molecule has 0 radical (unpaired) electrons. The number of rotatable bonds is 5. The maximum absolute atomic E-state index is 12.2. The first-order chi connectivity index (χ1) is 13.2. The van der Waals surface area contributed by atoms with E-state index >= 15 is 0 Å². The average molecular weight is 364 g/mol. The minimum Gasteiger partial charge on any atom is -0.360 e. The lowest BCUT2D eigenvalue weighted by Gasteiger charge is -2.34. The molecule has 6 nitrogen and oxygen atoms in total. The smallest absolute Gasteiger partial charge is 0.239 e. The number of anilines is 1. The summed E-state index contributed by atoms with van der Waals surface area (Å²) in [7, 11) is 0. The normalized spacial score (nSPS) is 15.9. The molecule has 1 saturated heterocycles. The van der Waals surface area contributed by atoms with Crippen LogP contribution >= 0.6 is 0 Å². The summed E-state index contributed by atoms with van der Waals surface area (Å²) in [5, 5.41) is 9.19. The molecule has 1 aromatic heterocycles. The molecular formula is C21H24N4O2. The van der Waals surface area contributed by atoms with Crippen molar-refractivity contribution >= 4 is 22.5 Å². The minimum atomic E-state index is -0.0502. The van der Waals surface area contributed by atoms with Gasteiger partial charge in [-0.25, -0.2) is 0 Å². The van der Waals surface area contributed by atoms with Gasteiger partial charge in [-0.05, 0) is 23.3 Å². The summed E-state index contributed by atoms with van der Waals surface area (Å²) >= 11 is 0. The van der Waals surface area contributed by atoms with Crippen LogP contribution in [0.3, 0.4) is 0 Å². The topological polar surface area (TPSA) is 61.6 Å². The molecule has 1 aliphatic rings. The van der Waals surface area contributed by atoms with Gasteiger partial charge in [0, 0.05) is 38.8 Å². The van der Waals surface area contributed by atoms with E-state index in [1.807, 2.05) is 0 Å². The molecule has 1 N–H and O–H groups in total. The van der Waals surface area contributed by atoms with E-state index in [2.05, 4.69) is 62.7 Å². The van der Waals surface area contributed by atoms with Gasteiger partial charge in [-0.1, -0.05) is 47.6 Å². The largest absolute Gasteiger partial charge is 0.360 e. The molecule has 1 amide bonds. The van der Waals surface area contributed by atoms with E-state index in [9.17, 15) is 4.79 Å². The van der Waals surface area contributed by atoms with Crippen molar-refractivity contribution < 1.29 is 9.32 Å². The molecule has 6 heteroatoms. The molecule has 4 rings (SSSR count). The number of hydrogen-bond donors (Lipinski definition) is 1. The van der Waals surface area contributed by atoms with Crippen LogP contribution in [0.4, 0.5) is 5.82 Å². The summed E-state index contributed by atoms with van der Waals surface area (Å²) in [6.45, 7) is 6.82. The van der Waals surface area contributed by atoms with Gasteiger partial charge in [0.25, 0.3) is 0 Å². The van der Waals surface area contributed by atoms with Crippen LogP contribution in [0.15, 0.2) is 53.1 Å². The Balaban J connectivity index is 1.29. The van der Waals surface area contributed by atoms with E-state index in [0.717, 1.165) is 32.7 Å². The molecule has 3 aromatic rings. The van der Waals surface area contributed by atoms with Gasteiger partial charge in [0.15, 0.2) is 5.82 Å². The van der Waals surface area contributed by atoms with Crippen LogP contribution in [0.25, 0.3) is 10.8 Å². The Hall–Kier alpha value is -2.70. The first-order valence-electron chi connectivity index (χ1n) is 9.32. The second kappa shape index (κ2) is 7.90. The molecule has 1 fully saturated rings. The van der Waals surface area contributed by atoms with Crippen LogP contribution < -0.4 is 5.32 Å². The molecule has 2 aromatic carbocycles. The van der Waals surface area contributed by atoms with Gasteiger partial charge in [0.2, 0.25) is 5.91 Å². The summed E-state index contributed by atoms with van der Waals surface area (Å²) in [5.74, 6) is 1.12. The Bertz CT molecular complexity index is 923. The van der Waals surface area contributed by atoms with Gasteiger partial charge in [-0.3, -0.25) is 14.6 Å². The molecule has 0 saturated carbocycles. The van der Waals surface area contributed by atoms with E-state index in [-0.39, 0.29) is 5.91 Å². The Kier molecular flexibility index (Phi) is 5.18. The van der Waals surface area contributed by atoms with Gasteiger partial charge >= 0.3 is 0 Å². The molecular weight excluding hydrogens is 340 g/mol. The standard InChI is InChI=1S/C21H24N4O2/c1-16-13-20(23-27-16)22-21(26)15-25-11-9-24(10-12-25)14-18-7-4-6-17-5-2-3-8-19(17)18/h2-8,13H,9-12,14-15H2,1H3,(H,22,23,26). The third-order valence-electron chi connectivity index (χ3n) is 5.00. The van der Waals surface area contributed by atoms with E-state index in [1.54, 1.807) is 13.0 Å². The predicted octanol–water partition coefficient (Wildman–Crippen LogP) is 2.89. The van der Waals surface area contributed by atoms with Crippen LogP contribution in [0, 0.1) is 6.92 Å². The van der Waals surface area contributed by atoms with Crippen LogP contribution in [0.1, 0.15) is 11.3 Å². The van der Waals surface area contributed by atoms with Crippen LogP contribution in [0.2, 0.25) is 0 Å². The molecule has 1 aliphatic heterocycles. The zero-order valence-corrected chi connectivity index (χ0v) is 15.5. The summed E-state index contributed by atoms with van der Waals surface area (Å²) in [6, 6.07) is 16.7. The molecule has 0 atom stereocenters. The Morgan fingerprint density at radius 1 is 1.07 bits per heavy atom. The number of carbonyl (C=O) groups excluding carboxylic acids is 1. The number of carbonyl (C=O) groups is 1. The van der Waals surface area contributed by atoms with E-state index in [0.29, 0.717) is 18.1 Å². The molecule has 140 valence electrons. The van der Waals surface area contributed by atoms with E-state index in [1.165, 1.54) is 16.3 Å². The predicted molar refractivity (Wildman–Crippen MR) is 106 cm³/mol. The fraction of sp³-hybridized carbons (Fsp3) is 0.333. The molecule has 0 spiro atoms. The first-order valence-corrected chi connectivity index (χ1v) is 9.32. The monoisotopic (exact) mass is 364 g/mol. The number of nitrogens with one attached hydrogen (secondary N) is 1. The average Bonchev–Trinajstić information content (AvgIpc) is 3.08. The Morgan fingerprint density at radius 3 is 2.59 bits per heavy atom. The van der Waals surface area contributed by atoms with E-state index < -0.39 is 0 Å². The second-order valence-electron chi connectivity index (χ2n) is 7.06. The SMILES string of the molecule is Cc1cc(NC(=O)CN2CCN(Cc3cccc4ccccc34)CC2)no1. The van der Waals surface area contributed by atoms with Gasteiger partial charge in [-0.2, -0.15) is 0 Å². The van der Waals surface area contributed by atoms with Gasteiger partial charge < -0.3 is 9.84 Å². The zero-order valence-electron chi connectivity index (χ0n) is 15.5. The van der Waals surface area contributed by atoms with Crippen molar-refractivity contribution in [2.24, 2.45) is 0 Å². The van der Waals surface area contributed by atoms with Gasteiger partial charge in [0.05, 0.1) is 6.54 Å². The third kappa shape index (κ3) is 4.35. The number of fused-ring (bicyclic) bond motifs is 1. The van der Waals surface area contributed by atoms with Crippen molar-refractivity contribution in [1.29, 1.82) is 0 Å². The molecule has 2 heterocycles. The van der Waals surface area contributed by atoms with Gasteiger partial charge in [0.1, 0.15) is 5.76 Å². The Labute approximate surface area is 158 Å². The number of benzene rings is 2. The van der Waals surface area contributed by atoms with Crippen molar-refractivity contribution in [2.75, 3.05) is 38.0 Å². The Morgan fingerprint density at radius 2 is 1.81 bits per heavy atom. The highest BCUT2D eigenvalue weighted by atomic mass is 16.5. The molecule has 0 bridgehead atoms. The van der Waals surface area contributed by atoms with E-state index in [4.69, 9.17) is 4.52 Å². The van der Waals surface area contributed by atoms with Crippen molar-refractivity contribution in [3.8, 4) is 0 Å². The third-order valence-corrected chi connectivity index (χ3v) is 5.00. The van der Waals surface area contributed by atoms with Crippen molar-refractivity contribution in [3.05, 3.63) is 59.9 Å². The number of aryl methyl sites for hydroxylation is 1. The fourth-order valence-electron chi connectivity index (χ4n) is 3.59. The maximum atomic E-state index is 12.2. The minimum absolute atomic E-state index is 0.0502. The summed E-state index contributed by atoms with van der Waals surface area (Å²) in [5.41, 5.74) is 1.36. The number of nitrogens with zero attached hydrogens (tertiary/aromatic N) is 3. The zero-order chi connectivity index (χ0) is 18.6. The van der Waals surface area contributed by atoms with Crippen molar-refractivity contribution in [2.45, 2.75) is 13.5 Å². The highest BCUT2D eigenvalue weighted by molar-refractivity contribution is 5.91. The summed E-state index contributed by atoms with van der Waals surface area (Å²) in [4.78, 5) is 16.8. The highest BCUT2D eigenvalue weighted by Gasteiger charge is 2.20. The summed E-state index contributed by atoms with van der Waals surface area (Å²) in [6.07, 6.45) is 0. The lowest BCUT2D eigenvalue weighted by atomic mass is 10.0. The number of amides is 1. The summed E-state index contributed by atoms with van der Waals surface area (Å²) < 4.78 is 4.97.